The highest BCUT2D eigenvalue weighted by Crippen LogP contribution is 2.21. The normalized spacial score (nSPS) is 18.7. The molecule has 5 nitrogen and oxygen atoms in total. The van der Waals surface area contributed by atoms with E-state index in [0.29, 0.717) is 6.04 Å². The van der Waals surface area contributed by atoms with Gasteiger partial charge >= 0.3 is 0 Å². The average molecular weight is 267 g/mol. The lowest BCUT2D eigenvalue weighted by molar-refractivity contribution is 0.583. The molecule has 100 valence electrons. The van der Waals surface area contributed by atoms with Crippen LogP contribution in [0.5, 0.6) is 0 Å². The molecule has 1 aromatic heterocycles. The SMILES string of the molecule is CCc1nnsc1C(=NC1CCCCCC1)NN. The largest absolute Gasteiger partial charge is 0.307 e. The highest BCUT2D eigenvalue weighted by atomic mass is 32.1. The molecule has 1 fully saturated rings. The molecular weight excluding hydrogens is 246 g/mol. The Hall–Kier alpha value is -1.01. The fourth-order valence-corrected chi connectivity index (χ4v) is 3.06. The standard InChI is InChI=1S/C12H21N5S/c1-2-10-11(18-17-16-10)12(15-13)14-9-7-5-3-4-6-8-9/h9H,2-8,13H2,1H3,(H,14,15). The van der Waals surface area contributed by atoms with Crippen molar-refractivity contribution >= 4 is 17.4 Å². The highest BCUT2D eigenvalue weighted by Gasteiger charge is 2.16. The van der Waals surface area contributed by atoms with Gasteiger partial charge in [0.05, 0.1) is 11.7 Å². The van der Waals surface area contributed by atoms with Crippen molar-refractivity contribution < 1.29 is 0 Å². The second-order valence-electron chi connectivity index (χ2n) is 4.67. The van der Waals surface area contributed by atoms with Gasteiger partial charge in [-0.15, -0.1) is 5.10 Å². The first-order valence-corrected chi connectivity index (χ1v) is 7.48. The summed E-state index contributed by atoms with van der Waals surface area (Å²) in [7, 11) is 0. The van der Waals surface area contributed by atoms with Crippen LogP contribution in [0, 0.1) is 0 Å². The molecule has 2 rings (SSSR count). The number of aliphatic imine (C=N–C) groups is 1. The first kappa shape index (κ1) is 13.4. The van der Waals surface area contributed by atoms with Gasteiger partial charge < -0.3 is 5.43 Å². The van der Waals surface area contributed by atoms with E-state index in [2.05, 4.69) is 21.9 Å². The van der Waals surface area contributed by atoms with Gasteiger partial charge in [-0.2, -0.15) is 0 Å². The third kappa shape index (κ3) is 3.26. The van der Waals surface area contributed by atoms with E-state index < -0.39 is 0 Å². The van der Waals surface area contributed by atoms with Gasteiger partial charge in [-0.1, -0.05) is 37.1 Å². The zero-order valence-electron chi connectivity index (χ0n) is 10.9. The Balaban J connectivity index is 2.16. The van der Waals surface area contributed by atoms with E-state index >= 15 is 0 Å². The molecule has 0 bridgehead atoms. The smallest absolute Gasteiger partial charge is 0.156 e. The van der Waals surface area contributed by atoms with Gasteiger partial charge in [0.15, 0.2) is 5.84 Å². The van der Waals surface area contributed by atoms with Crippen LogP contribution in [0.25, 0.3) is 0 Å². The van der Waals surface area contributed by atoms with E-state index in [-0.39, 0.29) is 0 Å². The number of rotatable bonds is 3. The van der Waals surface area contributed by atoms with Crippen molar-refractivity contribution in [3.8, 4) is 0 Å². The van der Waals surface area contributed by atoms with Gasteiger partial charge in [-0.25, -0.2) is 5.84 Å². The molecule has 0 radical (unpaired) electrons. The quantitative estimate of drug-likeness (QED) is 0.289. The summed E-state index contributed by atoms with van der Waals surface area (Å²) in [5.41, 5.74) is 3.70. The van der Waals surface area contributed by atoms with Gasteiger partial charge in [-0.05, 0) is 30.8 Å². The topological polar surface area (TPSA) is 76.2 Å². The van der Waals surface area contributed by atoms with Crippen molar-refractivity contribution in [1.29, 1.82) is 0 Å². The molecule has 0 amide bonds. The van der Waals surface area contributed by atoms with Crippen LogP contribution in [-0.4, -0.2) is 21.5 Å². The third-order valence-corrected chi connectivity index (χ3v) is 4.15. The molecule has 1 saturated carbocycles. The molecule has 1 aliphatic carbocycles. The molecule has 0 unspecified atom stereocenters. The number of nitrogens with two attached hydrogens (primary N) is 1. The van der Waals surface area contributed by atoms with Gasteiger partial charge in [-0.3, -0.25) is 4.99 Å². The van der Waals surface area contributed by atoms with Crippen molar-refractivity contribution in [1.82, 2.24) is 15.0 Å². The lowest BCUT2D eigenvalue weighted by Crippen LogP contribution is -2.32. The van der Waals surface area contributed by atoms with E-state index in [4.69, 9.17) is 10.8 Å². The average Bonchev–Trinajstić information content (AvgIpc) is 2.72. The maximum Gasteiger partial charge on any atom is 0.156 e. The third-order valence-electron chi connectivity index (χ3n) is 3.38. The molecule has 3 N–H and O–H groups in total. The van der Waals surface area contributed by atoms with E-state index in [0.717, 1.165) is 22.8 Å². The van der Waals surface area contributed by atoms with E-state index in [9.17, 15) is 0 Å². The van der Waals surface area contributed by atoms with E-state index in [1.54, 1.807) is 0 Å². The van der Waals surface area contributed by atoms with Gasteiger partial charge in [0, 0.05) is 0 Å². The lowest BCUT2D eigenvalue weighted by atomic mass is 10.1. The van der Waals surface area contributed by atoms with Crippen LogP contribution in [-0.2, 0) is 6.42 Å². The second-order valence-corrected chi connectivity index (χ2v) is 5.42. The number of nitrogens with one attached hydrogen (secondary N) is 1. The number of amidine groups is 1. The maximum absolute atomic E-state index is 5.61. The summed E-state index contributed by atoms with van der Waals surface area (Å²) in [6.07, 6.45) is 8.40. The summed E-state index contributed by atoms with van der Waals surface area (Å²) >= 11 is 1.37. The predicted octanol–water partition coefficient (Wildman–Crippen LogP) is 2.03. The number of nitrogens with zero attached hydrogens (tertiary/aromatic N) is 3. The van der Waals surface area contributed by atoms with Crippen LogP contribution in [0.4, 0.5) is 0 Å². The maximum atomic E-state index is 5.61. The van der Waals surface area contributed by atoms with Crippen LogP contribution < -0.4 is 11.3 Å². The Labute approximate surface area is 112 Å². The molecule has 0 atom stereocenters. The van der Waals surface area contributed by atoms with Crippen LogP contribution in [0.1, 0.15) is 56.0 Å². The van der Waals surface area contributed by atoms with E-state index in [1.165, 1.54) is 50.1 Å². The van der Waals surface area contributed by atoms with E-state index in [1.807, 2.05) is 0 Å². The molecule has 6 heteroatoms. The summed E-state index contributed by atoms with van der Waals surface area (Å²) in [6, 6.07) is 0.394. The highest BCUT2D eigenvalue weighted by molar-refractivity contribution is 7.08. The Morgan fingerprint density at radius 2 is 2.11 bits per heavy atom. The van der Waals surface area contributed by atoms with Crippen molar-refractivity contribution in [2.45, 2.75) is 57.9 Å². The molecule has 0 spiro atoms. The summed E-state index contributed by atoms with van der Waals surface area (Å²) in [6.45, 7) is 2.07. The molecule has 1 heterocycles. The Morgan fingerprint density at radius 3 is 2.72 bits per heavy atom. The zero-order chi connectivity index (χ0) is 12.8. The summed E-state index contributed by atoms with van der Waals surface area (Å²) in [5, 5.41) is 4.11. The van der Waals surface area contributed by atoms with Crippen molar-refractivity contribution in [2.24, 2.45) is 10.8 Å². The van der Waals surface area contributed by atoms with Crippen molar-refractivity contribution in [3.05, 3.63) is 10.6 Å². The molecule has 1 aliphatic rings. The van der Waals surface area contributed by atoms with Gasteiger partial charge in [0.25, 0.3) is 0 Å². The summed E-state index contributed by atoms with van der Waals surface area (Å²) in [4.78, 5) is 5.77. The minimum Gasteiger partial charge on any atom is -0.307 e. The first-order valence-electron chi connectivity index (χ1n) is 6.71. The molecule has 0 saturated heterocycles. The fourth-order valence-electron chi connectivity index (χ4n) is 2.35. The minimum atomic E-state index is 0.394. The van der Waals surface area contributed by atoms with Gasteiger partial charge in [0.1, 0.15) is 4.88 Å². The van der Waals surface area contributed by atoms with Crippen LogP contribution in [0.15, 0.2) is 4.99 Å². The number of hydrazine groups is 1. The number of hydrogen-bond acceptors (Lipinski definition) is 5. The number of aromatic nitrogens is 2. The first-order chi connectivity index (χ1) is 8.85. The summed E-state index contributed by atoms with van der Waals surface area (Å²) in [5.74, 6) is 6.37. The number of aryl methyl sites for hydroxylation is 1. The fraction of sp³-hybridized carbons (Fsp3) is 0.750. The Kier molecular flexibility index (Phi) is 5.07. The molecule has 18 heavy (non-hydrogen) atoms. The zero-order valence-corrected chi connectivity index (χ0v) is 11.7. The summed E-state index contributed by atoms with van der Waals surface area (Å²) < 4.78 is 3.99. The van der Waals surface area contributed by atoms with Crippen LogP contribution in [0.2, 0.25) is 0 Å². The molecule has 0 aromatic carbocycles. The Morgan fingerprint density at radius 1 is 1.39 bits per heavy atom. The predicted molar refractivity (Wildman–Crippen MR) is 74.6 cm³/mol. The van der Waals surface area contributed by atoms with Crippen LogP contribution >= 0.6 is 11.5 Å². The monoisotopic (exact) mass is 267 g/mol. The second kappa shape index (κ2) is 6.80. The Bertz CT molecular complexity index is 393. The molecular formula is C12H21N5S. The molecule has 1 aromatic rings. The number of hydrogen-bond donors (Lipinski definition) is 2. The molecule has 0 aliphatic heterocycles. The lowest BCUT2D eigenvalue weighted by Gasteiger charge is -2.11. The minimum absolute atomic E-state index is 0.394. The van der Waals surface area contributed by atoms with Crippen molar-refractivity contribution in [2.75, 3.05) is 0 Å². The van der Waals surface area contributed by atoms with Gasteiger partial charge in [0.2, 0.25) is 0 Å². The van der Waals surface area contributed by atoms with Crippen LogP contribution in [0.3, 0.4) is 0 Å². The van der Waals surface area contributed by atoms with Crippen molar-refractivity contribution in [3.63, 3.8) is 0 Å².